The zero-order chi connectivity index (χ0) is 19.0. The molecule has 2 aromatic carbocycles. The Morgan fingerprint density at radius 1 is 1.04 bits per heavy atom. The molecule has 1 fully saturated rings. The summed E-state index contributed by atoms with van der Waals surface area (Å²) in [4.78, 5) is 0.289. The molecule has 0 bridgehead atoms. The molecule has 0 radical (unpaired) electrons. The molecule has 4 rings (SSSR count). The van der Waals surface area contributed by atoms with E-state index in [0.717, 1.165) is 47.8 Å². The predicted octanol–water partition coefficient (Wildman–Crippen LogP) is 5.11. The van der Waals surface area contributed by atoms with Crippen LogP contribution < -0.4 is 4.72 Å². The molecule has 1 heterocycles. The Kier molecular flexibility index (Phi) is 5.01. The summed E-state index contributed by atoms with van der Waals surface area (Å²) in [7, 11) is -1.62. The van der Waals surface area contributed by atoms with E-state index < -0.39 is 10.0 Å². The number of hydrogen-bond acceptors (Lipinski definition) is 2. The molecule has 0 saturated heterocycles. The van der Waals surface area contributed by atoms with Gasteiger partial charge in [0.2, 0.25) is 10.0 Å². The van der Waals surface area contributed by atoms with Gasteiger partial charge in [-0.25, -0.2) is 13.1 Å². The van der Waals surface area contributed by atoms with Gasteiger partial charge in [-0.15, -0.1) is 0 Å². The number of nitrogens with one attached hydrogen (secondary N) is 1. The Bertz CT molecular complexity index is 1070. The molecule has 0 unspecified atom stereocenters. The van der Waals surface area contributed by atoms with E-state index in [9.17, 15) is 8.42 Å². The van der Waals surface area contributed by atoms with Crippen LogP contribution in [0.15, 0.2) is 53.4 Å². The summed E-state index contributed by atoms with van der Waals surface area (Å²) >= 11 is 6.63. The summed E-state index contributed by atoms with van der Waals surface area (Å²) in [6.07, 6.45) is 5.18. The van der Waals surface area contributed by atoms with Crippen molar-refractivity contribution in [3.8, 4) is 11.3 Å². The second kappa shape index (κ2) is 7.30. The van der Waals surface area contributed by atoms with Gasteiger partial charge in [0.15, 0.2) is 0 Å². The first-order valence-electron chi connectivity index (χ1n) is 9.33. The third kappa shape index (κ3) is 3.51. The number of aromatic nitrogens is 1. The number of nitrogens with zero attached hydrogens (tertiary/aromatic N) is 1. The Morgan fingerprint density at radius 3 is 2.44 bits per heavy atom. The van der Waals surface area contributed by atoms with E-state index in [4.69, 9.17) is 11.6 Å². The minimum absolute atomic E-state index is 0.0383. The van der Waals surface area contributed by atoms with Gasteiger partial charge in [0.05, 0.1) is 21.1 Å². The largest absolute Gasteiger partial charge is 0.342 e. The van der Waals surface area contributed by atoms with Crippen LogP contribution >= 0.6 is 11.6 Å². The molecule has 1 saturated carbocycles. The average Bonchev–Trinajstić information content (AvgIpc) is 2.93. The van der Waals surface area contributed by atoms with Crippen LogP contribution in [0.5, 0.6) is 0 Å². The lowest BCUT2D eigenvalue weighted by molar-refractivity contribution is 0.412. The standard InChI is InChI=1S/C21H23ClN2O2S/c1-24-19-14-17(27(25,26)23-16-10-6-3-7-11-16)12-13-18(19)20(22)21(24)15-8-4-2-5-9-15/h2,4-5,8-9,12-14,16,23H,3,6-7,10-11H2,1H3. The van der Waals surface area contributed by atoms with E-state index in [2.05, 4.69) is 4.72 Å². The first kappa shape index (κ1) is 18.5. The predicted molar refractivity (Wildman–Crippen MR) is 111 cm³/mol. The molecule has 1 aliphatic rings. The fourth-order valence-corrected chi connectivity index (χ4v) is 5.68. The van der Waals surface area contributed by atoms with Gasteiger partial charge in [0.1, 0.15) is 0 Å². The Balaban J connectivity index is 1.75. The molecule has 0 aliphatic heterocycles. The van der Waals surface area contributed by atoms with Crippen LogP contribution in [-0.2, 0) is 17.1 Å². The fourth-order valence-electron chi connectivity index (χ4n) is 3.96. The molecule has 0 atom stereocenters. The zero-order valence-corrected chi connectivity index (χ0v) is 16.9. The highest BCUT2D eigenvalue weighted by Crippen LogP contribution is 2.37. The second-order valence-corrected chi connectivity index (χ2v) is 9.31. The molecule has 3 aromatic rings. The van der Waals surface area contributed by atoms with Crippen LogP contribution in [0.25, 0.3) is 22.2 Å². The number of sulfonamides is 1. The second-order valence-electron chi connectivity index (χ2n) is 7.22. The van der Waals surface area contributed by atoms with Crippen LogP contribution in [-0.4, -0.2) is 19.0 Å². The number of fused-ring (bicyclic) bond motifs is 1. The highest BCUT2D eigenvalue weighted by molar-refractivity contribution is 7.89. The van der Waals surface area contributed by atoms with Crippen LogP contribution in [0, 0.1) is 0 Å². The van der Waals surface area contributed by atoms with E-state index in [1.54, 1.807) is 18.2 Å². The summed E-state index contributed by atoms with van der Waals surface area (Å²) in [6, 6.07) is 15.1. The van der Waals surface area contributed by atoms with Crippen molar-refractivity contribution in [3.05, 3.63) is 53.6 Å². The molecule has 142 valence electrons. The summed E-state index contributed by atoms with van der Waals surface area (Å²) < 4.78 is 30.6. The number of halogens is 1. The molecule has 1 N–H and O–H groups in total. The third-order valence-corrected chi connectivity index (χ3v) is 7.30. The Labute approximate surface area is 165 Å². The van der Waals surface area contributed by atoms with Gasteiger partial charge in [0.25, 0.3) is 0 Å². The average molecular weight is 403 g/mol. The molecule has 4 nitrogen and oxygen atoms in total. The minimum Gasteiger partial charge on any atom is -0.342 e. The maximum Gasteiger partial charge on any atom is 0.240 e. The van der Waals surface area contributed by atoms with Crippen LogP contribution in [0.1, 0.15) is 32.1 Å². The minimum atomic E-state index is -3.54. The lowest BCUT2D eigenvalue weighted by Crippen LogP contribution is -2.36. The van der Waals surface area contributed by atoms with Crippen molar-refractivity contribution in [3.63, 3.8) is 0 Å². The number of hydrogen-bond donors (Lipinski definition) is 1. The van der Waals surface area contributed by atoms with Crippen molar-refractivity contribution in [2.75, 3.05) is 0 Å². The van der Waals surface area contributed by atoms with Gasteiger partial charge in [-0.3, -0.25) is 0 Å². The smallest absolute Gasteiger partial charge is 0.240 e. The molecule has 0 spiro atoms. The molecule has 6 heteroatoms. The first-order valence-corrected chi connectivity index (χ1v) is 11.2. The zero-order valence-electron chi connectivity index (χ0n) is 15.3. The van der Waals surface area contributed by atoms with Gasteiger partial charge in [0, 0.05) is 18.5 Å². The summed E-state index contributed by atoms with van der Waals surface area (Å²) in [5.74, 6) is 0. The molecule has 1 aliphatic carbocycles. The van der Waals surface area contributed by atoms with E-state index >= 15 is 0 Å². The number of benzene rings is 2. The topological polar surface area (TPSA) is 51.1 Å². The van der Waals surface area contributed by atoms with Gasteiger partial charge in [-0.1, -0.05) is 61.2 Å². The highest BCUT2D eigenvalue weighted by Gasteiger charge is 2.23. The van der Waals surface area contributed by atoms with Crippen molar-refractivity contribution in [2.45, 2.75) is 43.0 Å². The van der Waals surface area contributed by atoms with Crippen molar-refractivity contribution in [2.24, 2.45) is 7.05 Å². The summed E-state index contributed by atoms with van der Waals surface area (Å²) in [5.41, 5.74) is 2.71. The molecule has 0 amide bonds. The lowest BCUT2D eigenvalue weighted by atomic mass is 9.96. The van der Waals surface area contributed by atoms with Crippen molar-refractivity contribution in [1.82, 2.24) is 9.29 Å². The molecule has 27 heavy (non-hydrogen) atoms. The van der Waals surface area contributed by atoms with E-state index in [1.165, 1.54) is 6.42 Å². The number of rotatable bonds is 4. The highest BCUT2D eigenvalue weighted by atomic mass is 35.5. The quantitative estimate of drug-likeness (QED) is 0.659. The summed E-state index contributed by atoms with van der Waals surface area (Å²) in [5, 5.41) is 1.50. The van der Waals surface area contributed by atoms with E-state index in [0.29, 0.717) is 5.02 Å². The maximum absolute atomic E-state index is 12.9. The summed E-state index contributed by atoms with van der Waals surface area (Å²) in [6.45, 7) is 0. The van der Waals surface area contributed by atoms with Crippen LogP contribution in [0.2, 0.25) is 5.02 Å². The normalized spacial score (nSPS) is 16.1. The monoisotopic (exact) mass is 402 g/mol. The van der Waals surface area contributed by atoms with Gasteiger partial charge < -0.3 is 4.57 Å². The Hall–Kier alpha value is -1.82. The molecular formula is C21H23ClN2O2S. The van der Waals surface area contributed by atoms with E-state index in [-0.39, 0.29) is 10.9 Å². The maximum atomic E-state index is 12.9. The molecular weight excluding hydrogens is 380 g/mol. The van der Waals surface area contributed by atoms with Crippen molar-refractivity contribution < 1.29 is 8.42 Å². The Morgan fingerprint density at radius 2 is 1.74 bits per heavy atom. The SMILES string of the molecule is Cn1c(-c2ccccc2)c(Cl)c2ccc(S(=O)(=O)NC3CCCCC3)cc21. The third-order valence-electron chi connectivity index (χ3n) is 5.39. The molecule has 1 aromatic heterocycles. The van der Waals surface area contributed by atoms with Crippen molar-refractivity contribution >= 4 is 32.5 Å². The first-order chi connectivity index (χ1) is 13.0. The van der Waals surface area contributed by atoms with Crippen LogP contribution in [0.4, 0.5) is 0 Å². The van der Waals surface area contributed by atoms with E-state index in [1.807, 2.05) is 41.9 Å². The number of aryl methyl sites for hydroxylation is 1. The van der Waals surface area contributed by atoms with Crippen LogP contribution in [0.3, 0.4) is 0 Å². The lowest BCUT2D eigenvalue weighted by Gasteiger charge is -2.22. The fraction of sp³-hybridized carbons (Fsp3) is 0.333. The van der Waals surface area contributed by atoms with Gasteiger partial charge in [-0.2, -0.15) is 0 Å². The van der Waals surface area contributed by atoms with Gasteiger partial charge in [-0.05, 0) is 36.6 Å². The van der Waals surface area contributed by atoms with Gasteiger partial charge >= 0.3 is 0 Å². The van der Waals surface area contributed by atoms with Crippen molar-refractivity contribution in [1.29, 1.82) is 0 Å².